The van der Waals surface area contributed by atoms with Gasteiger partial charge in [-0.15, -0.1) is 0 Å². The summed E-state index contributed by atoms with van der Waals surface area (Å²) >= 11 is 0. The van der Waals surface area contributed by atoms with Crippen molar-refractivity contribution in [2.24, 2.45) is 0 Å². The molecule has 2 fully saturated rings. The summed E-state index contributed by atoms with van der Waals surface area (Å²) in [5, 5.41) is 23.8. The quantitative estimate of drug-likeness (QED) is 0.680. The van der Waals surface area contributed by atoms with Gasteiger partial charge in [-0.05, 0) is 44.2 Å². The van der Waals surface area contributed by atoms with Crippen molar-refractivity contribution < 1.29 is 14.6 Å². The third-order valence-electron chi connectivity index (χ3n) is 5.86. The van der Waals surface area contributed by atoms with Gasteiger partial charge >= 0.3 is 0 Å². The summed E-state index contributed by atoms with van der Waals surface area (Å²) in [7, 11) is 0. The highest BCUT2D eigenvalue weighted by molar-refractivity contribution is 5.34. The number of aromatic nitrogens is 2. The molecule has 8 nitrogen and oxygen atoms in total. The van der Waals surface area contributed by atoms with Crippen molar-refractivity contribution in [3.05, 3.63) is 47.3 Å². The lowest BCUT2D eigenvalue weighted by atomic mass is 10.1. The Hall–Kier alpha value is -2.44. The van der Waals surface area contributed by atoms with Crippen molar-refractivity contribution in [1.29, 1.82) is 5.26 Å². The van der Waals surface area contributed by atoms with E-state index in [0.29, 0.717) is 17.9 Å². The summed E-state index contributed by atoms with van der Waals surface area (Å²) in [5.41, 5.74) is 2.86. The zero-order valence-corrected chi connectivity index (χ0v) is 18.3. The molecule has 2 aromatic rings. The number of β-amino-alcohol motifs (C(OH)–C–C–N with tert-alkyl or cyclic N) is 1. The van der Waals surface area contributed by atoms with Gasteiger partial charge in [0.2, 0.25) is 0 Å². The van der Waals surface area contributed by atoms with E-state index in [2.05, 4.69) is 38.6 Å². The van der Waals surface area contributed by atoms with Crippen molar-refractivity contribution in [3.8, 4) is 11.8 Å². The molecule has 0 radical (unpaired) electrons. The smallest absolute Gasteiger partial charge is 0.119 e. The number of nitrogens with zero attached hydrogens (tertiary/aromatic N) is 5. The molecule has 2 saturated heterocycles. The zero-order valence-electron chi connectivity index (χ0n) is 18.3. The Kier molecular flexibility index (Phi) is 6.88. The lowest BCUT2D eigenvalue weighted by Crippen LogP contribution is -2.60. The monoisotopic (exact) mass is 425 g/mol. The molecule has 3 atom stereocenters. The summed E-state index contributed by atoms with van der Waals surface area (Å²) in [6, 6.07) is 11.1. The van der Waals surface area contributed by atoms with Crippen LogP contribution in [0.25, 0.3) is 0 Å². The predicted molar refractivity (Wildman–Crippen MR) is 116 cm³/mol. The van der Waals surface area contributed by atoms with E-state index in [1.807, 2.05) is 6.92 Å². The van der Waals surface area contributed by atoms with E-state index in [0.717, 1.165) is 45.0 Å². The number of aryl methyl sites for hydroxylation is 2. The molecule has 2 unspecified atom stereocenters. The number of hydrogen-bond donors (Lipinski definition) is 1. The minimum absolute atomic E-state index is 0.166. The molecule has 0 saturated carbocycles. The van der Waals surface area contributed by atoms with Gasteiger partial charge in [-0.1, -0.05) is 0 Å². The molecule has 166 valence electrons. The average Bonchev–Trinajstić information content (AvgIpc) is 3.07. The SMILES string of the molecule is Cc1cc(C)n(CCN2CC3CN(C[C@H](O)COc4ccc(C#N)cc4)CC(C2)O3)n1. The van der Waals surface area contributed by atoms with Crippen molar-refractivity contribution in [1.82, 2.24) is 19.6 Å². The van der Waals surface area contributed by atoms with Gasteiger partial charge in [0, 0.05) is 45.0 Å². The maximum Gasteiger partial charge on any atom is 0.119 e. The topological polar surface area (TPSA) is 86.8 Å². The Bertz CT molecular complexity index is 893. The fourth-order valence-corrected chi connectivity index (χ4v) is 4.50. The van der Waals surface area contributed by atoms with Crippen LogP contribution in [-0.4, -0.2) is 88.9 Å². The van der Waals surface area contributed by atoms with Crippen molar-refractivity contribution >= 4 is 0 Å². The van der Waals surface area contributed by atoms with Crippen LogP contribution < -0.4 is 4.74 Å². The number of aliphatic hydroxyl groups excluding tert-OH is 1. The van der Waals surface area contributed by atoms with Gasteiger partial charge in [0.15, 0.2) is 0 Å². The Labute approximate surface area is 183 Å². The van der Waals surface area contributed by atoms with E-state index in [4.69, 9.17) is 14.7 Å². The van der Waals surface area contributed by atoms with E-state index in [-0.39, 0.29) is 18.8 Å². The standard InChI is InChI=1S/C23H31N5O3/c1-17-9-18(2)28(25-17)8-7-26-12-22-14-27(15-23(13-26)31-22)11-20(29)16-30-21-5-3-19(10-24)4-6-21/h3-6,9,20,22-23,29H,7-8,11-16H2,1-2H3/t20-,22?,23?/m0/s1. The van der Waals surface area contributed by atoms with E-state index in [1.165, 1.54) is 5.69 Å². The van der Waals surface area contributed by atoms with Crippen LogP contribution in [0.3, 0.4) is 0 Å². The largest absolute Gasteiger partial charge is 0.491 e. The van der Waals surface area contributed by atoms with Crippen LogP contribution in [-0.2, 0) is 11.3 Å². The minimum atomic E-state index is -0.573. The molecule has 1 aromatic heterocycles. The zero-order chi connectivity index (χ0) is 21.8. The van der Waals surface area contributed by atoms with E-state index in [9.17, 15) is 5.11 Å². The first-order valence-corrected chi connectivity index (χ1v) is 10.9. The maximum absolute atomic E-state index is 10.4. The van der Waals surface area contributed by atoms with E-state index in [1.54, 1.807) is 24.3 Å². The second kappa shape index (κ2) is 9.79. The Balaban J connectivity index is 1.20. The number of morpholine rings is 2. The maximum atomic E-state index is 10.4. The van der Waals surface area contributed by atoms with Gasteiger partial charge < -0.3 is 14.6 Å². The summed E-state index contributed by atoms with van der Waals surface area (Å²) in [4.78, 5) is 4.75. The number of ether oxygens (including phenoxy) is 2. The number of fused-ring (bicyclic) bond motifs is 2. The van der Waals surface area contributed by atoms with Crippen LogP contribution in [0.1, 0.15) is 17.0 Å². The molecule has 2 bridgehead atoms. The van der Waals surface area contributed by atoms with E-state index >= 15 is 0 Å². The molecule has 31 heavy (non-hydrogen) atoms. The van der Waals surface area contributed by atoms with Crippen molar-refractivity contribution in [2.45, 2.75) is 38.7 Å². The minimum Gasteiger partial charge on any atom is -0.491 e. The number of nitriles is 1. The first-order valence-electron chi connectivity index (χ1n) is 10.9. The molecule has 8 heteroatoms. The molecule has 0 amide bonds. The molecule has 2 aliphatic heterocycles. The van der Waals surface area contributed by atoms with Crippen molar-refractivity contribution in [3.63, 3.8) is 0 Å². The second-order valence-electron chi connectivity index (χ2n) is 8.61. The lowest BCUT2D eigenvalue weighted by Gasteiger charge is -2.46. The first-order chi connectivity index (χ1) is 15.0. The molecule has 1 N–H and O–H groups in total. The molecule has 0 spiro atoms. The average molecular weight is 426 g/mol. The van der Waals surface area contributed by atoms with Crippen LogP contribution in [0.4, 0.5) is 0 Å². The first kappa shape index (κ1) is 21.8. The fourth-order valence-electron chi connectivity index (χ4n) is 4.50. The molecular formula is C23H31N5O3. The van der Waals surface area contributed by atoms with Gasteiger partial charge in [-0.2, -0.15) is 10.4 Å². The second-order valence-corrected chi connectivity index (χ2v) is 8.61. The highest BCUT2D eigenvalue weighted by Gasteiger charge is 2.35. The summed E-state index contributed by atoms with van der Waals surface area (Å²) in [6.07, 6.45) is -0.240. The lowest BCUT2D eigenvalue weighted by molar-refractivity contribution is -0.143. The molecule has 2 aliphatic rings. The van der Waals surface area contributed by atoms with Crippen LogP contribution in [0.15, 0.2) is 30.3 Å². The number of rotatable bonds is 8. The number of aliphatic hydroxyl groups is 1. The van der Waals surface area contributed by atoms with Gasteiger partial charge in [-0.3, -0.25) is 14.5 Å². The van der Waals surface area contributed by atoms with Crippen molar-refractivity contribution in [2.75, 3.05) is 45.9 Å². The summed E-state index contributed by atoms with van der Waals surface area (Å²) < 4.78 is 13.9. The van der Waals surface area contributed by atoms with Crippen LogP contribution in [0.5, 0.6) is 5.75 Å². The number of hydrogen-bond acceptors (Lipinski definition) is 7. The Morgan fingerprint density at radius 1 is 1.13 bits per heavy atom. The highest BCUT2D eigenvalue weighted by atomic mass is 16.5. The fraction of sp³-hybridized carbons (Fsp3) is 0.565. The van der Waals surface area contributed by atoms with Crippen LogP contribution >= 0.6 is 0 Å². The molecular weight excluding hydrogens is 394 g/mol. The third kappa shape index (κ3) is 5.83. The summed E-state index contributed by atoms with van der Waals surface area (Å²) in [6.45, 7) is 10.2. The highest BCUT2D eigenvalue weighted by Crippen LogP contribution is 2.20. The van der Waals surface area contributed by atoms with Gasteiger partial charge in [0.1, 0.15) is 18.5 Å². The Morgan fingerprint density at radius 2 is 1.81 bits per heavy atom. The normalized spacial score (nSPS) is 22.8. The predicted octanol–water partition coefficient (Wildman–Crippen LogP) is 1.20. The van der Waals surface area contributed by atoms with Crippen LogP contribution in [0, 0.1) is 25.2 Å². The molecule has 0 aliphatic carbocycles. The molecule has 4 rings (SSSR count). The van der Waals surface area contributed by atoms with E-state index < -0.39 is 6.10 Å². The van der Waals surface area contributed by atoms with Gasteiger partial charge in [-0.25, -0.2) is 0 Å². The van der Waals surface area contributed by atoms with Gasteiger partial charge in [0.25, 0.3) is 0 Å². The molecule has 3 heterocycles. The Morgan fingerprint density at radius 3 is 2.42 bits per heavy atom. The third-order valence-corrected chi connectivity index (χ3v) is 5.86. The van der Waals surface area contributed by atoms with Crippen LogP contribution in [0.2, 0.25) is 0 Å². The molecule has 1 aromatic carbocycles. The summed E-state index contributed by atoms with van der Waals surface area (Å²) in [5.74, 6) is 0.662. The van der Waals surface area contributed by atoms with Gasteiger partial charge in [0.05, 0.1) is 36.1 Å². The number of benzene rings is 1.